The lowest BCUT2D eigenvalue weighted by Crippen LogP contribution is -2.50. The highest BCUT2D eigenvalue weighted by Gasteiger charge is 2.24. The molecule has 1 aliphatic heterocycles. The van der Waals surface area contributed by atoms with E-state index in [-0.39, 0.29) is 11.8 Å². The van der Waals surface area contributed by atoms with Crippen molar-refractivity contribution in [3.63, 3.8) is 0 Å². The Kier molecular flexibility index (Phi) is 6.82. The minimum absolute atomic E-state index is 0.121. The van der Waals surface area contributed by atoms with Crippen LogP contribution in [0.2, 0.25) is 0 Å². The zero-order valence-corrected chi connectivity index (χ0v) is 19.9. The van der Waals surface area contributed by atoms with Crippen molar-refractivity contribution in [3.8, 4) is 22.9 Å². The standard InChI is InChI=1S/C26H30N6O2/c1-5-19(4)26(33)31-10-8-30(9-11-31)24-7-6-20(14-28-24)23-12-22(34-17-18(2)3)16-32-25(23)21(13-27)15-29-32/h5-7,12,14-16,18-19H,1,8-11,17H2,2-4H3. The largest absolute Gasteiger partial charge is 0.492 e. The van der Waals surface area contributed by atoms with Gasteiger partial charge in [0.15, 0.2) is 0 Å². The Hall–Kier alpha value is -3.86. The molecule has 0 aromatic carbocycles. The third kappa shape index (κ3) is 4.74. The van der Waals surface area contributed by atoms with Crippen molar-refractivity contribution in [2.45, 2.75) is 20.8 Å². The minimum Gasteiger partial charge on any atom is -0.492 e. The highest BCUT2D eigenvalue weighted by Crippen LogP contribution is 2.31. The maximum atomic E-state index is 12.4. The van der Waals surface area contributed by atoms with Gasteiger partial charge < -0.3 is 14.5 Å². The van der Waals surface area contributed by atoms with Crippen molar-refractivity contribution < 1.29 is 9.53 Å². The molecule has 0 radical (unpaired) electrons. The number of pyridine rings is 2. The first-order valence-electron chi connectivity index (χ1n) is 11.6. The fourth-order valence-electron chi connectivity index (χ4n) is 4.02. The number of rotatable bonds is 7. The summed E-state index contributed by atoms with van der Waals surface area (Å²) in [5.74, 6) is 1.91. The van der Waals surface area contributed by atoms with Gasteiger partial charge in [0, 0.05) is 43.5 Å². The number of hydrogen-bond acceptors (Lipinski definition) is 6. The number of anilines is 1. The number of hydrogen-bond donors (Lipinski definition) is 0. The van der Waals surface area contributed by atoms with Crippen molar-refractivity contribution in [2.24, 2.45) is 11.8 Å². The summed E-state index contributed by atoms with van der Waals surface area (Å²) in [7, 11) is 0. The van der Waals surface area contributed by atoms with Crippen LogP contribution in [0.1, 0.15) is 26.3 Å². The zero-order chi connectivity index (χ0) is 24.2. The molecule has 3 aromatic rings. The fraction of sp³-hybridized carbons (Fsp3) is 0.385. The van der Waals surface area contributed by atoms with Gasteiger partial charge >= 0.3 is 0 Å². The summed E-state index contributed by atoms with van der Waals surface area (Å²) < 4.78 is 7.64. The molecule has 176 valence electrons. The number of piperazine rings is 1. The van der Waals surface area contributed by atoms with E-state index in [2.05, 4.69) is 36.5 Å². The van der Waals surface area contributed by atoms with Gasteiger partial charge in [-0.15, -0.1) is 6.58 Å². The van der Waals surface area contributed by atoms with E-state index >= 15 is 0 Å². The second-order valence-corrected chi connectivity index (χ2v) is 9.00. The van der Waals surface area contributed by atoms with Crippen LogP contribution in [0.25, 0.3) is 16.6 Å². The number of nitriles is 1. The van der Waals surface area contributed by atoms with E-state index < -0.39 is 0 Å². The molecule has 8 heteroatoms. The van der Waals surface area contributed by atoms with Crippen molar-refractivity contribution in [3.05, 3.63) is 55.0 Å². The summed E-state index contributed by atoms with van der Waals surface area (Å²) in [6.07, 6.45) is 6.88. The SMILES string of the molecule is C=CC(C)C(=O)N1CCN(c2ccc(-c3cc(OCC(C)C)cn4ncc(C#N)c34)cn2)CC1. The molecule has 0 N–H and O–H groups in total. The third-order valence-electron chi connectivity index (χ3n) is 6.01. The van der Waals surface area contributed by atoms with E-state index in [1.807, 2.05) is 36.2 Å². The molecule has 4 rings (SSSR count). The predicted octanol–water partition coefficient (Wildman–Crippen LogP) is 3.77. The molecule has 4 heterocycles. The van der Waals surface area contributed by atoms with Crippen LogP contribution in [0, 0.1) is 23.2 Å². The number of aromatic nitrogens is 3. The van der Waals surface area contributed by atoms with Crippen molar-refractivity contribution >= 4 is 17.2 Å². The summed E-state index contributed by atoms with van der Waals surface area (Å²) in [5.41, 5.74) is 2.97. The molecule has 0 spiro atoms. The van der Waals surface area contributed by atoms with Crippen molar-refractivity contribution in [1.29, 1.82) is 5.26 Å². The lowest BCUT2D eigenvalue weighted by molar-refractivity contribution is -0.133. The lowest BCUT2D eigenvalue weighted by atomic mass is 10.1. The summed E-state index contributed by atoms with van der Waals surface area (Å²) in [5, 5.41) is 13.9. The Morgan fingerprint density at radius 1 is 1.24 bits per heavy atom. The van der Waals surface area contributed by atoms with Crippen LogP contribution in [0.3, 0.4) is 0 Å². The van der Waals surface area contributed by atoms with E-state index in [9.17, 15) is 10.1 Å². The zero-order valence-electron chi connectivity index (χ0n) is 19.9. The van der Waals surface area contributed by atoms with Gasteiger partial charge in [0.25, 0.3) is 0 Å². The summed E-state index contributed by atoms with van der Waals surface area (Å²) >= 11 is 0. The molecule has 1 aliphatic rings. The van der Waals surface area contributed by atoms with E-state index in [1.54, 1.807) is 23.0 Å². The van der Waals surface area contributed by atoms with Gasteiger partial charge in [-0.1, -0.05) is 26.8 Å². The molecular weight excluding hydrogens is 428 g/mol. The van der Waals surface area contributed by atoms with Crippen LogP contribution in [0.5, 0.6) is 5.75 Å². The first kappa shape index (κ1) is 23.3. The van der Waals surface area contributed by atoms with E-state index in [4.69, 9.17) is 9.72 Å². The average molecular weight is 459 g/mol. The minimum atomic E-state index is -0.164. The molecule has 0 bridgehead atoms. The normalized spacial score (nSPS) is 14.8. The average Bonchev–Trinajstić information content (AvgIpc) is 3.29. The van der Waals surface area contributed by atoms with E-state index in [1.165, 1.54) is 0 Å². The maximum absolute atomic E-state index is 12.4. The van der Waals surface area contributed by atoms with Gasteiger partial charge in [0.2, 0.25) is 5.91 Å². The molecule has 1 amide bonds. The second kappa shape index (κ2) is 9.96. The van der Waals surface area contributed by atoms with Gasteiger partial charge in [-0.3, -0.25) is 4.79 Å². The van der Waals surface area contributed by atoms with Gasteiger partial charge in [0.1, 0.15) is 17.6 Å². The second-order valence-electron chi connectivity index (χ2n) is 9.00. The number of fused-ring (bicyclic) bond motifs is 1. The van der Waals surface area contributed by atoms with Crippen molar-refractivity contribution in [1.82, 2.24) is 19.5 Å². The summed E-state index contributed by atoms with van der Waals surface area (Å²) in [6.45, 7) is 13.2. The first-order valence-corrected chi connectivity index (χ1v) is 11.6. The molecule has 1 fully saturated rings. The van der Waals surface area contributed by atoms with E-state index in [0.29, 0.717) is 36.9 Å². The Labute approximate surface area is 200 Å². The third-order valence-corrected chi connectivity index (χ3v) is 6.01. The Bertz CT molecular complexity index is 1220. The highest BCUT2D eigenvalue weighted by molar-refractivity contribution is 5.85. The quantitative estimate of drug-likeness (QED) is 0.501. The van der Waals surface area contributed by atoms with Crippen LogP contribution < -0.4 is 9.64 Å². The molecule has 34 heavy (non-hydrogen) atoms. The van der Waals surface area contributed by atoms with Crippen LogP contribution in [-0.2, 0) is 4.79 Å². The van der Waals surface area contributed by atoms with Crippen LogP contribution >= 0.6 is 0 Å². The Morgan fingerprint density at radius 3 is 2.62 bits per heavy atom. The lowest BCUT2D eigenvalue weighted by Gasteiger charge is -2.36. The molecule has 8 nitrogen and oxygen atoms in total. The first-order chi connectivity index (χ1) is 16.4. The number of carbonyl (C=O) groups excluding carboxylic acids is 1. The van der Waals surface area contributed by atoms with Crippen molar-refractivity contribution in [2.75, 3.05) is 37.7 Å². The van der Waals surface area contributed by atoms with Crippen LogP contribution in [0.4, 0.5) is 5.82 Å². The number of carbonyl (C=O) groups is 1. The topological polar surface area (TPSA) is 86.8 Å². The van der Waals surface area contributed by atoms with Crippen LogP contribution in [-0.4, -0.2) is 58.2 Å². The molecular formula is C26H30N6O2. The summed E-state index contributed by atoms with van der Waals surface area (Å²) in [4.78, 5) is 21.2. The van der Waals surface area contributed by atoms with Gasteiger partial charge in [-0.05, 0) is 24.1 Å². The Morgan fingerprint density at radius 2 is 2.00 bits per heavy atom. The molecule has 0 aliphatic carbocycles. The highest BCUT2D eigenvalue weighted by atomic mass is 16.5. The maximum Gasteiger partial charge on any atom is 0.229 e. The summed E-state index contributed by atoms with van der Waals surface area (Å²) in [6, 6.07) is 8.17. The smallest absolute Gasteiger partial charge is 0.229 e. The van der Waals surface area contributed by atoms with Gasteiger partial charge in [-0.25, -0.2) is 9.50 Å². The van der Waals surface area contributed by atoms with E-state index in [0.717, 1.165) is 35.6 Å². The fourth-order valence-corrected chi connectivity index (χ4v) is 4.02. The van der Waals surface area contributed by atoms with Gasteiger partial charge in [-0.2, -0.15) is 10.4 Å². The number of nitrogens with zero attached hydrogens (tertiary/aromatic N) is 6. The van der Waals surface area contributed by atoms with Gasteiger partial charge in [0.05, 0.1) is 36.0 Å². The molecule has 1 atom stereocenters. The molecule has 0 saturated carbocycles. The number of ether oxygens (including phenoxy) is 1. The molecule has 1 saturated heterocycles. The Balaban J connectivity index is 1.56. The monoisotopic (exact) mass is 458 g/mol. The molecule has 1 unspecified atom stereocenters. The van der Waals surface area contributed by atoms with Crippen LogP contribution in [0.15, 0.2) is 49.4 Å². The number of amides is 1. The predicted molar refractivity (Wildman–Crippen MR) is 132 cm³/mol. The molecule has 3 aromatic heterocycles.